The first-order valence-corrected chi connectivity index (χ1v) is 14.6. The Labute approximate surface area is 219 Å². The summed E-state index contributed by atoms with van der Waals surface area (Å²) >= 11 is 0. The molecule has 0 N–H and O–H groups in total. The first-order chi connectivity index (χ1) is 17.6. The van der Waals surface area contributed by atoms with E-state index < -0.39 is 0 Å². The minimum absolute atomic E-state index is 0.411. The highest BCUT2D eigenvalue weighted by molar-refractivity contribution is 5.55. The van der Waals surface area contributed by atoms with Gasteiger partial charge in [-0.3, -0.25) is 0 Å². The Hall–Kier alpha value is -2.58. The monoisotopic (exact) mass is 480 g/mol. The summed E-state index contributed by atoms with van der Waals surface area (Å²) in [5.41, 5.74) is 7.17. The van der Waals surface area contributed by atoms with Crippen LogP contribution < -0.4 is 0 Å². The molecule has 36 heavy (non-hydrogen) atoms. The van der Waals surface area contributed by atoms with E-state index in [1.165, 1.54) is 69.8 Å². The second kappa shape index (κ2) is 12.1. The van der Waals surface area contributed by atoms with Crippen LogP contribution in [0.4, 0.5) is 0 Å². The molecule has 3 fully saturated rings. The Kier molecular flexibility index (Phi) is 8.90. The van der Waals surface area contributed by atoms with Crippen molar-refractivity contribution in [1.82, 2.24) is 0 Å². The Balaban J connectivity index is 1.39. The van der Waals surface area contributed by atoms with Crippen molar-refractivity contribution in [3.05, 3.63) is 69.8 Å². The quantitative estimate of drug-likeness (QED) is 0.284. The summed E-state index contributed by atoms with van der Waals surface area (Å²) < 4.78 is 0. The van der Waals surface area contributed by atoms with Crippen LogP contribution in [0.2, 0.25) is 0 Å². The summed E-state index contributed by atoms with van der Waals surface area (Å²) in [6.45, 7) is 4.50. The number of nitrogens with zero attached hydrogens (tertiary/aromatic N) is 2. The van der Waals surface area contributed by atoms with Gasteiger partial charge in [0.15, 0.2) is 0 Å². The molecule has 5 rings (SSSR count). The third kappa shape index (κ3) is 5.70. The molecule has 0 amide bonds. The SMILES string of the molecule is CCCCCc1ccc(CCc2ccc(C34CCC(CCCCC)(CC3)CC4)cc2)c(C#N)c1C#N. The first kappa shape index (κ1) is 26.5. The summed E-state index contributed by atoms with van der Waals surface area (Å²) in [5.74, 6) is 0. The van der Waals surface area contributed by atoms with E-state index in [2.05, 4.69) is 62.4 Å². The standard InChI is InChI=1S/C34H44N2/c1-3-5-7-9-28-14-15-29(32(26-36)31(28)25-35)13-10-27-11-16-30(17-12-27)34-22-19-33(20-23-34,21-24-34)18-8-6-4-2/h11-12,14-17H,3-10,13,18-24H2,1-2H3. The minimum atomic E-state index is 0.411. The van der Waals surface area contributed by atoms with Crippen molar-refractivity contribution in [3.8, 4) is 12.1 Å². The number of unbranched alkanes of at least 4 members (excludes halogenated alkanes) is 4. The first-order valence-electron chi connectivity index (χ1n) is 14.6. The predicted octanol–water partition coefficient (Wildman–Crippen LogP) is 9.12. The van der Waals surface area contributed by atoms with E-state index in [1.54, 1.807) is 5.56 Å². The predicted molar refractivity (Wildman–Crippen MR) is 149 cm³/mol. The topological polar surface area (TPSA) is 47.6 Å². The second-order valence-electron chi connectivity index (χ2n) is 11.7. The highest BCUT2D eigenvalue weighted by Crippen LogP contribution is 2.59. The Morgan fingerprint density at radius 3 is 1.75 bits per heavy atom. The lowest BCUT2D eigenvalue weighted by Gasteiger charge is -2.54. The lowest BCUT2D eigenvalue weighted by molar-refractivity contribution is 0.0305. The molecule has 0 unspecified atom stereocenters. The number of aryl methyl sites for hydroxylation is 3. The molecule has 2 bridgehead atoms. The lowest BCUT2D eigenvalue weighted by Crippen LogP contribution is -2.44. The van der Waals surface area contributed by atoms with Crippen LogP contribution >= 0.6 is 0 Å². The highest BCUT2D eigenvalue weighted by atomic mass is 14.5. The van der Waals surface area contributed by atoms with Crippen LogP contribution in [0.1, 0.15) is 131 Å². The van der Waals surface area contributed by atoms with Gasteiger partial charge in [0, 0.05) is 0 Å². The van der Waals surface area contributed by atoms with Gasteiger partial charge in [0.1, 0.15) is 12.1 Å². The van der Waals surface area contributed by atoms with Crippen molar-refractivity contribution in [2.75, 3.05) is 0 Å². The molecule has 2 aromatic carbocycles. The maximum Gasteiger partial charge on any atom is 0.101 e. The van der Waals surface area contributed by atoms with Crippen molar-refractivity contribution < 1.29 is 0 Å². The number of hydrogen-bond acceptors (Lipinski definition) is 2. The molecule has 0 aromatic heterocycles. The van der Waals surface area contributed by atoms with Gasteiger partial charge in [-0.25, -0.2) is 0 Å². The average Bonchev–Trinajstić information content (AvgIpc) is 2.93. The van der Waals surface area contributed by atoms with Crippen molar-refractivity contribution in [2.45, 2.75) is 122 Å². The molecular formula is C34H44N2. The molecule has 0 spiro atoms. The molecule has 0 heterocycles. The highest BCUT2D eigenvalue weighted by Gasteiger charge is 2.48. The summed E-state index contributed by atoms with van der Waals surface area (Å²) in [4.78, 5) is 0. The van der Waals surface area contributed by atoms with Gasteiger partial charge in [-0.1, -0.05) is 82.3 Å². The maximum atomic E-state index is 9.84. The van der Waals surface area contributed by atoms with Crippen LogP contribution in [0.3, 0.4) is 0 Å². The Morgan fingerprint density at radius 2 is 1.19 bits per heavy atom. The van der Waals surface area contributed by atoms with Crippen molar-refractivity contribution in [2.24, 2.45) is 5.41 Å². The van der Waals surface area contributed by atoms with Crippen molar-refractivity contribution in [1.29, 1.82) is 10.5 Å². The second-order valence-corrected chi connectivity index (χ2v) is 11.7. The molecule has 3 aliphatic carbocycles. The summed E-state index contributed by atoms with van der Waals surface area (Å²) in [5, 5.41) is 19.6. The van der Waals surface area contributed by atoms with Crippen LogP contribution in [0.15, 0.2) is 36.4 Å². The molecule has 0 radical (unpaired) electrons. The molecule has 190 valence electrons. The van der Waals surface area contributed by atoms with E-state index in [9.17, 15) is 10.5 Å². The summed E-state index contributed by atoms with van der Waals surface area (Å²) in [6.07, 6.45) is 19.9. The number of benzene rings is 2. The number of fused-ring (bicyclic) bond motifs is 3. The van der Waals surface area contributed by atoms with Crippen LogP contribution in [0.25, 0.3) is 0 Å². The zero-order valence-electron chi connectivity index (χ0n) is 22.7. The van der Waals surface area contributed by atoms with Crippen molar-refractivity contribution >= 4 is 0 Å². The molecule has 0 atom stereocenters. The molecule has 2 nitrogen and oxygen atoms in total. The van der Waals surface area contributed by atoms with Gasteiger partial charge in [0.2, 0.25) is 0 Å². The maximum absolute atomic E-state index is 9.84. The largest absolute Gasteiger partial charge is 0.192 e. The smallest absolute Gasteiger partial charge is 0.101 e. The van der Waals surface area contributed by atoms with Crippen molar-refractivity contribution in [3.63, 3.8) is 0 Å². The Morgan fingerprint density at radius 1 is 0.639 bits per heavy atom. The summed E-state index contributed by atoms with van der Waals surface area (Å²) in [6, 6.07) is 18.3. The van der Waals surface area contributed by atoms with Crippen LogP contribution in [-0.4, -0.2) is 0 Å². The van der Waals surface area contributed by atoms with Gasteiger partial charge in [-0.2, -0.15) is 10.5 Å². The van der Waals surface area contributed by atoms with E-state index in [0.29, 0.717) is 22.0 Å². The third-order valence-electron chi connectivity index (χ3n) is 9.61. The molecule has 0 saturated heterocycles. The lowest BCUT2D eigenvalue weighted by atomic mass is 9.51. The number of hydrogen-bond donors (Lipinski definition) is 0. The number of nitriles is 2. The van der Waals surface area contributed by atoms with E-state index in [1.807, 2.05) is 0 Å². The zero-order chi connectivity index (χ0) is 25.4. The van der Waals surface area contributed by atoms with Crippen LogP contribution in [0.5, 0.6) is 0 Å². The van der Waals surface area contributed by atoms with Gasteiger partial charge < -0.3 is 0 Å². The molecule has 3 aliphatic rings. The Bertz CT molecular complexity index is 1070. The molecule has 3 saturated carbocycles. The third-order valence-corrected chi connectivity index (χ3v) is 9.61. The van der Waals surface area contributed by atoms with Gasteiger partial charge in [-0.05, 0) is 104 Å². The summed E-state index contributed by atoms with van der Waals surface area (Å²) in [7, 11) is 0. The van der Waals surface area contributed by atoms with Crippen LogP contribution in [0, 0.1) is 28.1 Å². The minimum Gasteiger partial charge on any atom is -0.192 e. The van der Waals surface area contributed by atoms with Crippen LogP contribution in [-0.2, 0) is 24.7 Å². The molecule has 0 aliphatic heterocycles. The van der Waals surface area contributed by atoms with E-state index in [-0.39, 0.29) is 0 Å². The van der Waals surface area contributed by atoms with Gasteiger partial charge in [0.05, 0.1) is 11.1 Å². The number of rotatable bonds is 12. The zero-order valence-corrected chi connectivity index (χ0v) is 22.7. The molecule has 2 aromatic rings. The average molecular weight is 481 g/mol. The molecular weight excluding hydrogens is 436 g/mol. The fraction of sp³-hybridized carbons (Fsp3) is 0.588. The van der Waals surface area contributed by atoms with Gasteiger partial charge in [-0.15, -0.1) is 0 Å². The molecule has 2 heteroatoms. The normalized spacial score (nSPS) is 22.8. The van der Waals surface area contributed by atoms with E-state index >= 15 is 0 Å². The van der Waals surface area contributed by atoms with Gasteiger partial charge >= 0.3 is 0 Å². The van der Waals surface area contributed by atoms with Gasteiger partial charge in [0.25, 0.3) is 0 Å². The fourth-order valence-corrected chi connectivity index (χ4v) is 7.05. The fourth-order valence-electron chi connectivity index (χ4n) is 7.05. The van der Waals surface area contributed by atoms with E-state index in [4.69, 9.17) is 0 Å². The van der Waals surface area contributed by atoms with E-state index in [0.717, 1.165) is 49.7 Å².